The van der Waals surface area contributed by atoms with Crippen LogP contribution in [0.1, 0.15) is 27.9 Å². The first-order valence-corrected chi connectivity index (χ1v) is 7.91. The molecular formula is C16H25N3S. The van der Waals surface area contributed by atoms with Crippen LogP contribution in [0, 0.1) is 13.8 Å². The first-order valence-electron chi connectivity index (χ1n) is 7.03. The summed E-state index contributed by atoms with van der Waals surface area (Å²) in [6.07, 6.45) is 0. The summed E-state index contributed by atoms with van der Waals surface area (Å²) < 4.78 is 2.25. The zero-order valence-electron chi connectivity index (χ0n) is 13.1. The lowest BCUT2D eigenvalue weighted by atomic mass is 10.2. The second-order valence-corrected chi connectivity index (χ2v) is 6.56. The summed E-state index contributed by atoms with van der Waals surface area (Å²) in [5.41, 5.74) is 4.07. The third-order valence-electron chi connectivity index (χ3n) is 4.03. The number of nitrogens with one attached hydrogen (secondary N) is 1. The third kappa shape index (κ3) is 3.32. The summed E-state index contributed by atoms with van der Waals surface area (Å²) in [6.45, 7) is 6.25. The monoisotopic (exact) mass is 291 g/mol. The molecule has 2 aromatic rings. The van der Waals surface area contributed by atoms with E-state index in [9.17, 15) is 0 Å². The fraction of sp³-hybridized carbons (Fsp3) is 0.500. The number of aromatic nitrogens is 1. The molecule has 0 radical (unpaired) electrons. The van der Waals surface area contributed by atoms with Crippen molar-refractivity contribution in [1.82, 2.24) is 14.8 Å². The van der Waals surface area contributed by atoms with Gasteiger partial charge < -0.3 is 14.8 Å². The lowest BCUT2D eigenvalue weighted by molar-refractivity contribution is 0.292. The average Bonchev–Trinajstić information content (AvgIpc) is 3.00. The molecule has 0 saturated heterocycles. The predicted octanol–water partition coefficient (Wildman–Crippen LogP) is 3.10. The molecule has 1 atom stereocenters. The van der Waals surface area contributed by atoms with Gasteiger partial charge in [0.25, 0.3) is 0 Å². The molecule has 4 heteroatoms. The summed E-state index contributed by atoms with van der Waals surface area (Å²) >= 11 is 1.83. The normalized spacial score (nSPS) is 13.1. The molecular weight excluding hydrogens is 266 g/mol. The molecule has 0 spiro atoms. The Morgan fingerprint density at radius 1 is 1.35 bits per heavy atom. The molecule has 0 aliphatic rings. The van der Waals surface area contributed by atoms with E-state index in [0.717, 1.165) is 13.1 Å². The van der Waals surface area contributed by atoms with E-state index >= 15 is 0 Å². The first-order chi connectivity index (χ1) is 9.50. The van der Waals surface area contributed by atoms with Crippen LogP contribution in [0.2, 0.25) is 0 Å². The first kappa shape index (κ1) is 15.3. The minimum Gasteiger partial charge on any atom is -0.352 e. The predicted molar refractivity (Wildman–Crippen MR) is 87.3 cm³/mol. The molecule has 0 aliphatic carbocycles. The Kier molecular flexibility index (Phi) is 5.02. The van der Waals surface area contributed by atoms with Gasteiger partial charge >= 0.3 is 0 Å². The lowest BCUT2D eigenvalue weighted by Crippen LogP contribution is -2.30. The number of likely N-dealkylation sites (N-methyl/N-ethyl adjacent to an activating group) is 1. The van der Waals surface area contributed by atoms with E-state index in [1.54, 1.807) is 0 Å². The summed E-state index contributed by atoms with van der Waals surface area (Å²) in [4.78, 5) is 3.70. The Hall–Kier alpha value is -1.10. The molecule has 0 amide bonds. The fourth-order valence-corrected chi connectivity index (χ4v) is 3.40. The molecule has 1 N–H and O–H groups in total. The van der Waals surface area contributed by atoms with E-state index in [2.05, 4.69) is 73.4 Å². The van der Waals surface area contributed by atoms with Crippen LogP contribution in [0.3, 0.4) is 0 Å². The summed E-state index contributed by atoms with van der Waals surface area (Å²) in [7, 11) is 6.41. The van der Waals surface area contributed by atoms with Crippen LogP contribution in [0.5, 0.6) is 0 Å². The van der Waals surface area contributed by atoms with E-state index in [4.69, 9.17) is 0 Å². The molecule has 0 fully saturated rings. The molecule has 20 heavy (non-hydrogen) atoms. The Labute approximate surface area is 126 Å². The molecule has 0 bridgehead atoms. The quantitative estimate of drug-likeness (QED) is 0.882. The highest BCUT2D eigenvalue weighted by Crippen LogP contribution is 2.22. The second kappa shape index (κ2) is 6.57. The SMILES string of the molecule is Cc1cc(CNCC(c2cccs2)N(C)C)c(C)n1C. The van der Waals surface area contributed by atoms with Gasteiger partial charge in [-0.25, -0.2) is 0 Å². The third-order valence-corrected chi connectivity index (χ3v) is 5.00. The Bertz CT molecular complexity index is 540. The smallest absolute Gasteiger partial charge is 0.0561 e. The van der Waals surface area contributed by atoms with Gasteiger partial charge in [0.1, 0.15) is 0 Å². The molecule has 2 rings (SSSR count). The van der Waals surface area contributed by atoms with E-state index in [1.165, 1.54) is 21.8 Å². The van der Waals surface area contributed by atoms with Crippen molar-refractivity contribution in [3.05, 3.63) is 45.4 Å². The highest BCUT2D eigenvalue weighted by atomic mass is 32.1. The van der Waals surface area contributed by atoms with Gasteiger partial charge in [-0.15, -0.1) is 11.3 Å². The number of hydrogen-bond acceptors (Lipinski definition) is 3. The maximum atomic E-state index is 3.60. The van der Waals surface area contributed by atoms with E-state index < -0.39 is 0 Å². The van der Waals surface area contributed by atoms with Gasteiger partial charge in [0.15, 0.2) is 0 Å². The molecule has 1 unspecified atom stereocenters. The van der Waals surface area contributed by atoms with Crippen molar-refractivity contribution in [2.45, 2.75) is 26.4 Å². The minimum absolute atomic E-state index is 0.445. The van der Waals surface area contributed by atoms with Gasteiger partial charge in [-0.05, 0) is 51.0 Å². The maximum Gasteiger partial charge on any atom is 0.0561 e. The second-order valence-electron chi connectivity index (χ2n) is 5.58. The zero-order valence-corrected chi connectivity index (χ0v) is 13.9. The van der Waals surface area contributed by atoms with E-state index in [-0.39, 0.29) is 0 Å². The highest BCUT2D eigenvalue weighted by Gasteiger charge is 2.15. The lowest BCUT2D eigenvalue weighted by Gasteiger charge is -2.23. The van der Waals surface area contributed by atoms with Crippen LogP contribution < -0.4 is 5.32 Å². The summed E-state index contributed by atoms with van der Waals surface area (Å²) in [6, 6.07) is 7.06. The number of nitrogens with zero attached hydrogens (tertiary/aromatic N) is 2. The Morgan fingerprint density at radius 3 is 2.60 bits per heavy atom. The van der Waals surface area contributed by atoms with Crippen LogP contribution in [-0.2, 0) is 13.6 Å². The number of hydrogen-bond donors (Lipinski definition) is 1. The van der Waals surface area contributed by atoms with Crippen molar-refractivity contribution in [2.24, 2.45) is 7.05 Å². The molecule has 2 heterocycles. The Morgan fingerprint density at radius 2 is 2.10 bits per heavy atom. The number of thiophene rings is 1. The topological polar surface area (TPSA) is 20.2 Å². The number of aryl methyl sites for hydroxylation is 1. The van der Waals surface area contributed by atoms with Gasteiger partial charge in [0.05, 0.1) is 6.04 Å². The van der Waals surface area contributed by atoms with Crippen LogP contribution in [0.15, 0.2) is 23.6 Å². The molecule has 0 saturated carbocycles. The highest BCUT2D eigenvalue weighted by molar-refractivity contribution is 7.10. The molecule has 2 aromatic heterocycles. The Balaban J connectivity index is 1.95. The van der Waals surface area contributed by atoms with Crippen molar-refractivity contribution in [1.29, 1.82) is 0 Å². The minimum atomic E-state index is 0.445. The van der Waals surface area contributed by atoms with Crippen LogP contribution >= 0.6 is 11.3 Å². The molecule has 0 aliphatic heterocycles. The van der Waals surface area contributed by atoms with Crippen molar-refractivity contribution in [3.63, 3.8) is 0 Å². The van der Waals surface area contributed by atoms with Crippen LogP contribution in [-0.4, -0.2) is 30.1 Å². The van der Waals surface area contributed by atoms with Crippen molar-refractivity contribution >= 4 is 11.3 Å². The van der Waals surface area contributed by atoms with Gasteiger partial charge in [0, 0.05) is 36.4 Å². The van der Waals surface area contributed by atoms with Crippen molar-refractivity contribution < 1.29 is 0 Å². The summed E-state index contributed by atoms with van der Waals surface area (Å²) in [5, 5.41) is 5.75. The molecule has 0 aromatic carbocycles. The largest absolute Gasteiger partial charge is 0.352 e. The van der Waals surface area contributed by atoms with E-state index in [1.807, 2.05) is 11.3 Å². The van der Waals surface area contributed by atoms with E-state index in [0.29, 0.717) is 6.04 Å². The maximum absolute atomic E-state index is 3.60. The van der Waals surface area contributed by atoms with Gasteiger partial charge in [0.2, 0.25) is 0 Å². The number of rotatable bonds is 6. The molecule has 110 valence electrons. The van der Waals surface area contributed by atoms with Gasteiger partial charge in [-0.2, -0.15) is 0 Å². The van der Waals surface area contributed by atoms with Crippen LogP contribution in [0.4, 0.5) is 0 Å². The van der Waals surface area contributed by atoms with Crippen LogP contribution in [0.25, 0.3) is 0 Å². The van der Waals surface area contributed by atoms with Crippen molar-refractivity contribution in [2.75, 3.05) is 20.6 Å². The van der Waals surface area contributed by atoms with Gasteiger partial charge in [-0.3, -0.25) is 0 Å². The van der Waals surface area contributed by atoms with Crippen molar-refractivity contribution in [3.8, 4) is 0 Å². The van der Waals surface area contributed by atoms with Gasteiger partial charge in [-0.1, -0.05) is 6.07 Å². The standard InChI is InChI=1S/C16H25N3S/c1-12-9-14(13(2)19(12)5)10-17-11-15(18(3)4)16-7-6-8-20-16/h6-9,15,17H,10-11H2,1-5H3. The molecule has 3 nitrogen and oxygen atoms in total. The summed E-state index contributed by atoms with van der Waals surface area (Å²) in [5.74, 6) is 0. The zero-order chi connectivity index (χ0) is 14.7. The fourth-order valence-electron chi connectivity index (χ4n) is 2.47. The average molecular weight is 291 g/mol.